The smallest absolute Gasteiger partial charge is 0.0724 e. The molecule has 2 rings (SSSR count). The second-order valence-electron chi connectivity index (χ2n) is 5.53. The molecule has 3 heteroatoms. The summed E-state index contributed by atoms with van der Waals surface area (Å²) < 4.78 is 5.59. The van der Waals surface area contributed by atoms with Gasteiger partial charge in [0.1, 0.15) is 0 Å². The Morgan fingerprint density at radius 1 is 1.31 bits per heavy atom. The summed E-state index contributed by atoms with van der Waals surface area (Å²) in [6, 6.07) is 0.732. The maximum absolute atomic E-state index is 5.87. The van der Waals surface area contributed by atoms with E-state index in [0.717, 1.165) is 25.0 Å². The Bertz CT molecular complexity index is 222. The summed E-state index contributed by atoms with van der Waals surface area (Å²) in [7, 11) is 1.85. The zero-order chi connectivity index (χ0) is 11.5. The quantitative estimate of drug-likeness (QED) is 0.792. The van der Waals surface area contributed by atoms with Crippen LogP contribution in [0, 0.1) is 11.8 Å². The summed E-state index contributed by atoms with van der Waals surface area (Å²) in [6.07, 6.45) is 5.72. The maximum atomic E-state index is 5.87. The van der Waals surface area contributed by atoms with E-state index in [-0.39, 0.29) is 0 Å². The molecule has 0 spiro atoms. The molecule has 1 aliphatic heterocycles. The molecule has 1 aliphatic carbocycles. The average molecular weight is 226 g/mol. The molecule has 16 heavy (non-hydrogen) atoms. The molecule has 0 aromatic heterocycles. The molecule has 1 heterocycles. The standard InChI is InChI=1S/C13H26N2O/c1-10-6-7-15(9-13(10)16-2)12-5-3-4-11(12)8-14/h10-13H,3-9,14H2,1-2H3. The molecule has 1 saturated carbocycles. The first kappa shape index (κ1) is 12.3. The number of hydrogen-bond acceptors (Lipinski definition) is 3. The van der Waals surface area contributed by atoms with Crippen LogP contribution in [0.15, 0.2) is 0 Å². The number of methoxy groups -OCH3 is 1. The van der Waals surface area contributed by atoms with Crippen LogP contribution in [-0.4, -0.2) is 43.8 Å². The second-order valence-corrected chi connectivity index (χ2v) is 5.53. The normalized spacial score (nSPS) is 41.4. The van der Waals surface area contributed by atoms with E-state index in [4.69, 9.17) is 10.5 Å². The first-order chi connectivity index (χ1) is 7.76. The van der Waals surface area contributed by atoms with E-state index >= 15 is 0 Å². The number of rotatable bonds is 3. The summed E-state index contributed by atoms with van der Waals surface area (Å²) in [6.45, 7) is 5.51. The van der Waals surface area contributed by atoms with Crippen molar-refractivity contribution in [1.29, 1.82) is 0 Å². The van der Waals surface area contributed by atoms with Crippen molar-refractivity contribution in [2.24, 2.45) is 17.6 Å². The van der Waals surface area contributed by atoms with Gasteiger partial charge in [0.05, 0.1) is 6.10 Å². The Labute approximate surface area is 99.3 Å². The minimum Gasteiger partial charge on any atom is -0.380 e. The Kier molecular flexibility index (Phi) is 4.22. The number of hydrogen-bond donors (Lipinski definition) is 1. The third-order valence-electron chi connectivity index (χ3n) is 4.61. The van der Waals surface area contributed by atoms with Crippen LogP contribution in [0.25, 0.3) is 0 Å². The van der Waals surface area contributed by atoms with Crippen LogP contribution in [0.2, 0.25) is 0 Å². The van der Waals surface area contributed by atoms with Gasteiger partial charge in [-0.05, 0) is 44.2 Å². The first-order valence-electron chi connectivity index (χ1n) is 6.73. The zero-order valence-electron chi connectivity index (χ0n) is 10.7. The third-order valence-corrected chi connectivity index (χ3v) is 4.61. The summed E-state index contributed by atoms with van der Waals surface area (Å²) in [5, 5.41) is 0. The average Bonchev–Trinajstić information content (AvgIpc) is 2.78. The molecule has 2 N–H and O–H groups in total. The Morgan fingerprint density at radius 2 is 2.12 bits per heavy atom. The number of ether oxygens (including phenoxy) is 1. The van der Waals surface area contributed by atoms with Gasteiger partial charge in [-0.15, -0.1) is 0 Å². The lowest BCUT2D eigenvalue weighted by Crippen LogP contribution is -2.50. The van der Waals surface area contributed by atoms with Crippen LogP contribution in [0.4, 0.5) is 0 Å². The van der Waals surface area contributed by atoms with Crippen molar-refractivity contribution in [3.8, 4) is 0 Å². The summed E-state index contributed by atoms with van der Waals surface area (Å²) in [4.78, 5) is 2.64. The van der Waals surface area contributed by atoms with Gasteiger partial charge in [-0.2, -0.15) is 0 Å². The molecule has 0 radical (unpaired) electrons. The highest BCUT2D eigenvalue weighted by Crippen LogP contribution is 2.32. The van der Waals surface area contributed by atoms with E-state index < -0.39 is 0 Å². The lowest BCUT2D eigenvalue weighted by molar-refractivity contribution is -0.0239. The van der Waals surface area contributed by atoms with Crippen molar-refractivity contribution in [3.05, 3.63) is 0 Å². The molecule has 2 aliphatic rings. The number of piperidine rings is 1. The van der Waals surface area contributed by atoms with E-state index in [2.05, 4.69) is 11.8 Å². The molecular weight excluding hydrogens is 200 g/mol. The lowest BCUT2D eigenvalue weighted by atomic mass is 9.92. The molecule has 0 bridgehead atoms. The van der Waals surface area contributed by atoms with Crippen LogP contribution in [0.1, 0.15) is 32.6 Å². The molecular formula is C13H26N2O. The van der Waals surface area contributed by atoms with Crippen molar-refractivity contribution >= 4 is 0 Å². The first-order valence-corrected chi connectivity index (χ1v) is 6.73. The van der Waals surface area contributed by atoms with E-state index in [1.165, 1.54) is 32.2 Å². The molecule has 94 valence electrons. The van der Waals surface area contributed by atoms with Gasteiger partial charge in [0.15, 0.2) is 0 Å². The van der Waals surface area contributed by atoms with Crippen molar-refractivity contribution in [1.82, 2.24) is 4.90 Å². The molecule has 0 aromatic carbocycles. The van der Waals surface area contributed by atoms with Crippen LogP contribution in [0.3, 0.4) is 0 Å². The highest BCUT2D eigenvalue weighted by Gasteiger charge is 2.35. The second kappa shape index (κ2) is 5.48. The predicted octanol–water partition coefficient (Wildman–Crippen LogP) is 1.47. The van der Waals surface area contributed by atoms with Gasteiger partial charge in [-0.3, -0.25) is 4.90 Å². The predicted molar refractivity (Wildman–Crippen MR) is 66.3 cm³/mol. The van der Waals surface area contributed by atoms with Crippen LogP contribution >= 0.6 is 0 Å². The lowest BCUT2D eigenvalue weighted by Gasteiger charge is -2.41. The van der Waals surface area contributed by atoms with Gasteiger partial charge in [-0.1, -0.05) is 13.3 Å². The van der Waals surface area contributed by atoms with Crippen molar-refractivity contribution in [2.75, 3.05) is 26.7 Å². The van der Waals surface area contributed by atoms with Crippen LogP contribution in [-0.2, 0) is 4.74 Å². The Hall–Kier alpha value is -0.120. The molecule has 4 atom stereocenters. The molecule has 3 nitrogen and oxygen atoms in total. The van der Waals surface area contributed by atoms with Gasteiger partial charge in [0.25, 0.3) is 0 Å². The summed E-state index contributed by atoms with van der Waals surface area (Å²) in [5.74, 6) is 1.44. The maximum Gasteiger partial charge on any atom is 0.0724 e. The van der Waals surface area contributed by atoms with E-state index in [1.54, 1.807) is 0 Å². The molecule has 1 saturated heterocycles. The largest absolute Gasteiger partial charge is 0.380 e. The van der Waals surface area contributed by atoms with Gasteiger partial charge in [0, 0.05) is 19.7 Å². The monoisotopic (exact) mass is 226 g/mol. The molecule has 4 unspecified atom stereocenters. The minimum atomic E-state index is 0.424. The summed E-state index contributed by atoms with van der Waals surface area (Å²) >= 11 is 0. The number of likely N-dealkylation sites (tertiary alicyclic amines) is 1. The number of nitrogens with two attached hydrogens (primary N) is 1. The fourth-order valence-corrected chi connectivity index (χ4v) is 3.44. The van der Waals surface area contributed by atoms with E-state index in [1.807, 2.05) is 7.11 Å². The highest BCUT2D eigenvalue weighted by atomic mass is 16.5. The van der Waals surface area contributed by atoms with Gasteiger partial charge >= 0.3 is 0 Å². The van der Waals surface area contributed by atoms with E-state index in [9.17, 15) is 0 Å². The summed E-state index contributed by atoms with van der Waals surface area (Å²) in [5.41, 5.74) is 5.87. The molecule has 0 aromatic rings. The van der Waals surface area contributed by atoms with E-state index in [0.29, 0.717) is 12.0 Å². The van der Waals surface area contributed by atoms with Crippen LogP contribution in [0.5, 0.6) is 0 Å². The van der Waals surface area contributed by atoms with Gasteiger partial charge in [0.2, 0.25) is 0 Å². The third kappa shape index (κ3) is 2.41. The fraction of sp³-hybridized carbons (Fsp3) is 1.00. The molecule has 0 amide bonds. The SMILES string of the molecule is COC1CN(C2CCCC2CN)CCC1C. The topological polar surface area (TPSA) is 38.5 Å². The van der Waals surface area contributed by atoms with Gasteiger partial charge < -0.3 is 10.5 Å². The number of nitrogens with zero attached hydrogens (tertiary/aromatic N) is 1. The highest BCUT2D eigenvalue weighted by molar-refractivity contribution is 4.90. The van der Waals surface area contributed by atoms with Crippen molar-refractivity contribution in [2.45, 2.75) is 44.8 Å². The Balaban J connectivity index is 1.94. The Morgan fingerprint density at radius 3 is 2.81 bits per heavy atom. The molecule has 2 fully saturated rings. The minimum absolute atomic E-state index is 0.424. The van der Waals surface area contributed by atoms with Gasteiger partial charge in [-0.25, -0.2) is 0 Å². The zero-order valence-corrected chi connectivity index (χ0v) is 10.7. The van der Waals surface area contributed by atoms with Crippen LogP contribution < -0.4 is 5.73 Å². The van der Waals surface area contributed by atoms with Crippen molar-refractivity contribution < 1.29 is 4.74 Å². The van der Waals surface area contributed by atoms with Crippen molar-refractivity contribution in [3.63, 3.8) is 0 Å². The fourth-order valence-electron chi connectivity index (χ4n) is 3.44.